The van der Waals surface area contributed by atoms with Gasteiger partial charge in [-0.15, -0.1) is 0 Å². The lowest BCUT2D eigenvalue weighted by atomic mass is 10.1. The van der Waals surface area contributed by atoms with Gasteiger partial charge in [0.25, 0.3) is 0 Å². The van der Waals surface area contributed by atoms with Crippen LogP contribution in [-0.4, -0.2) is 36.3 Å². The summed E-state index contributed by atoms with van der Waals surface area (Å²) in [4.78, 5) is 25.3. The molecule has 0 bridgehead atoms. The highest BCUT2D eigenvalue weighted by atomic mass is 19.1. The zero-order chi connectivity index (χ0) is 18.8. The van der Waals surface area contributed by atoms with E-state index in [9.17, 15) is 14.0 Å². The molecule has 0 aliphatic rings. The molecule has 0 unspecified atom stereocenters. The second-order valence-electron chi connectivity index (χ2n) is 6.22. The van der Waals surface area contributed by atoms with E-state index < -0.39 is 0 Å². The zero-order valence-corrected chi connectivity index (χ0v) is 15.1. The molecule has 2 aromatic rings. The normalized spacial score (nSPS) is 10.4. The van der Waals surface area contributed by atoms with Crippen molar-refractivity contribution >= 4 is 11.8 Å². The molecule has 0 atom stereocenters. The molecule has 0 fully saturated rings. The van der Waals surface area contributed by atoms with Crippen LogP contribution in [0.1, 0.15) is 24.5 Å². The van der Waals surface area contributed by atoms with E-state index in [-0.39, 0.29) is 24.2 Å². The lowest BCUT2D eigenvalue weighted by Gasteiger charge is -2.20. The third kappa shape index (κ3) is 6.67. The van der Waals surface area contributed by atoms with Crippen LogP contribution in [-0.2, 0) is 22.4 Å². The summed E-state index contributed by atoms with van der Waals surface area (Å²) in [6, 6.07) is 16.6. The van der Waals surface area contributed by atoms with Gasteiger partial charge in [0.2, 0.25) is 11.8 Å². The van der Waals surface area contributed by atoms with Crippen molar-refractivity contribution in [3.05, 3.63) is 71.5 Å². The highest BCUT2D eigenvalue weighted by Crippen LogP contribution is 2.08. The Morgan fingerprint density at radius 1 is 1.00 bits per heavy atom. The third-order valence-electron chi connectivity index (χ3n) is 4.20. The van der Waals surface area contributed by atoms with Gasteiger partial charge in [0, 0.05) is 20.0 Å². The molecule has 0 aliphatic carbocycles. The Balaban J connectivity index is 1.73. The molecular weight excluding hydrogens is 331 g/mol. The van der Waals surface area contributed by atoms with Crippen LogP contribution in [0, 0.1) is 5.82 Å². The average Bonchev–Trinajstić information content (AvgIpc) is 2.64. The summed E-state index contributed by atoms with van der Waals surface area (Å²) in [5.41, 5.74) is 1.78. The summed E-state index contributed by atoms with van der Waals surface area (Å²) in [6.45, 7) is 2.29. The number of halogens is 1. The fourth-order valence-electron chi connectivity index (χ4n) is 2.70. The molecule has 2 amide bonds. The Morgan fingerprint density at radius 2 is 1.69 bits per heavy atom. The summed E-state index contributed by atoms with van der Waals surface area (Å²) in [7, 11) is 0. The molecule has 0 aromatic heterocycles. The first kappa shape index (κ1) is 19.6. The highest BCUT2D eigenvalue weighted by molar-refractivity contribution is 5.83. The molecule has 0 aliphatic heterocycles. The van der Waals surface area contributed by atoms with Gasteiger partial charge in [-0.05, 0) is 36.5 Å². The number of hydrogen-bond acceptors (Lipinski definition) is 2. The maximum Gasteiger partial charge on any atom is 0.239 e. The Morgan fingerprint density at radius 3 is 2.38 bits per heavy atom. The van der Waals surface area contributed by atoms with E-state index in [2.05, 4.69) is 17.4 Å². The van der Waals surface area contributed by atoms with Gasteiger partial charge < -0.3 is 10.2 Å². The smallest absolute Gasteiger partial charge is 0.239 e. The van der Waals surface area contributed by atoms with Crippen LogP contribution in [0.4, 0.5) is 4.39 Å². The van der Waals surface area contributed by atoms with Crippen molar-refractivity contribution in [3.8, 4) is 0 Å². The second-order valence-corrected chi connectivity index (χ2v) is 6.22. The number of benzene rings is 2. The van der Waals surface area contributed by atoms with Crippen LogP contribution >= 0.6 is 0 Å². The highest BCUT2D eigenvalue weighted by Gasteiger charge is 2.14. The predicted molar refractivity (Wildman–Crippen MR) is 100 cm³/mol. The molecule has 1 N–H and O–H groups in total. The second kappa shape index (κ2) is 10.3. The van der Waals surface area contributed by atoms with Gasteiger partial charge >= 0.3 is 0 Å². The van der Waals surface area contributed by atoms with E-state index in [1.54, 1.807) is 18.2 Å². The van der Waals surface area contributed by atoms with Gasteiger partial charge in [0.05, 0.1) is 6.54 Å². The maximum atomic E-state index is 13.7. The molecule has 0 saturated heterocycles. The van der Waals surface area contributed by atoms with Crippen LogP contribution in [0.5, 0.6) is 0 Å². The lowest BCUT2D eigenvalue weighted by Crippen LogP contribution is -2.41. The Kier molecular flexibility index (Phi) is 7.80. The number of rotatable bonds is 9. The van der Waals surface area contributed by atoms with Crippen molar-refractivity contribution in [2.24, 2.45) is 0 Å². The fraction of sp³-hybridized carbons (Fsp3) is 0.333. The van der Waals surface area contributed by atoms with Crippen LogP contribution in [0.3, 0.4) is 0 Å². The molecule has 5 heteroatoms. The van der Waals surface area contributed by atoms with E-state index in [1.807, 2.05) is 18.2 Å². The Labute approximate surface area is 154 Å². The molecule has 0 spiro atoms. The van der Waals surface area contributed by atoms with Gasteiger partial charge in [0.1, 0.15) is 5.82 Å². The monoisotopic (exact) mass is 356 g/mol. The summed E-state index contributed by atoms with van der Waals surface area (Å²) < 4.78 is 13.7. The Hall–Kier alpha value is -2.69. The van der Waals surface area contributed by atoms with Crippen molar-refractivity contribution in [2.45, 2.75) is 26.2 Å². The number of aryl methyl sites for hydroxylation is 1. The van der Waals surface area contributed by atoms with Gasteiger partial charge in [-0.25, -0.2) is 4.39 Å². The predicted octanol–water partition coefficient (Wildman–Crippen LogP) is 2.97. The van der Waals surface area contributed by atoms with Gasteiger partial charge in [-0.3, -0.25) is 9.59 Å². The Bertz CT molecular complexity index is 719. The molecular formula is C21H25FN2O2. The topological polar surface area (TPSA) is 49.4 Å². The SMILES string of the molecule is CC(=O)N(CCc1ccccc1F)CC(=O)NCCCc1ccccc1. The van der Waals surface area contributed by atoms with E-state index in [4.69, 9.17) is 0 Å². The van der Waals surface area contributed by atoms with E-state index in [1.165, 1.54) is 23.5 Å². The van der Waals surface area contributed by atoms with Crippen molar-refractivity contribution in [2.75, 3.05) is 19.6 Å². The minimum atomic E-state index is -0.290. The number of nitrogens with zero attached hydrogens (tertiary/aromatic N) is 1. The quantitative estimate of drug-likeness (QED) is 0.702. The molecule has 2 rings (SSSR count). The van der Waals surface area contributed by atoms with Gasteiger partial charge in [0.15, 0.2) is 0 Å². The standard InChI is InChI=1S/C21H25FN2O2/c1-17(25)24(15-13-19-11-5-6-12-20(19)22)16-21(26)23-14-7-10-18-8-3-2-4-9-18/h2-6,8-9,11-12H,7,10,13-16H2,1H3,(H,23,26). The minimum absolute atomic E-state index is 0.00484. The first-order chi connectivity index (χ1) is 12.6. The van der Waals surface area contributed by atoms with E-state index in [0.717, 1.165) is 12.8 Å². The van der Waals surface area contributed by atoms with Crippen molar-refractivity contribution < 1.29 is 14.0 Å². The van der Waals surface area contributed by atoms with Gasteiger partial charge in [-0.2, -0.15) is 0 Å². The first-order valence-corrected chi connectivity index (χ1v) is 8.86. The summed E-state index contributed by atoms with van der Waals surface area (Å²) in [6.07, 6.45) is 2.11. The van der Waals surface area contributed by atoms with Crippen molar-refractivity contribution in [1.29, 1.82) is 0 Å². The molecule has 0 radical (unpaired) electrons. The maximum absolute atomic E-state index is 13.7. The molecule has 2 aromatic carbocycles. The first-order valence-electron chi connectivity index (χ1n) is 8.86. The number of amides is 2. The van der Waals surface area contributed by atoms with Crippen molar-refractivity contribution in [1.82, 2.24) is 10.2 Å². The van der Waals surface area contributed by atoms with Crippen LogP contribution in [0.2, 0.25) is 0 Å². The van der Waals surface area contributed by atoms with Gasteiger partial charge in [-0.1, -0.05) is 48.5 Å². The van der Waals surface area contributed by atoms with Crippen molar-refractivity contribution in [3.63, 3.8) is 0 Å². The molecule has 0 heterocycles. The van der Waals surface area contributed by atoms with Crippen LogP contribution in [0.25, 0.3) is 0 Å². The minimum Gasteiger partial charge on any atom is -0.355 e. The number of carbonyl (C=O) groups excluding carboxylic acids is 2. The molecule has 4 nitrogen and oxygen atoms in total. The number of hydrogen-bond donors (Lipinski definition) is 1. The summed E-state index contributed by atoms with van der Waals surface area (Å²) >= 11 is 0. The number of nitrogens with one attached hydrogen (secondary N) is 1. The van der Waals surface area contributed by atoms with E-state index in [0.29, 0.717) is 25.1 Å². The summed E-state index contributed by atoms with van der Waals surface area (Å²) in [5, 5.41) is 2.84. The molecule has 138 valence electrons. The van der Waals surface area contributed by atoms with Crippen LogP contribution in [0.15, 0.2) is 54.6 Å². The van der Waals surface area contributed by atoms with Crippen LogP contribution < -0.4 is 5.32 Å². The number of carbonyl (C=O) groups is 2. The zero-order valence-electron chi connectivity index (χ0n) is 15.1. The molecule has 26 heavy (non-hydrogen) atoms. The fourth-order valence-corrected chi connectivity index (χ4v) is 2.70. The largest absolute Gasteiger partial charge is 0.355 e. The average molecular weight is 356 g/mol. The van der Waals surface area contributed by atoms with E-state index >= 15 is 0 Å². The molecule has 0 saturated carbocycles. The lowest BCUT2D eigenvalue weighted by molar-refractivity contribution is -0.134. The summed E-state index contributed by atoms with van der Waals surface area (Å²) in [5.74, 6) is -0.677. The third-order valence-corrected chi connectivity index (χ3v) is 4.20.